The highest BCUT2D eigenvalue weighted by atomic mass is 16.5. The Morgan fingerprint density at radius 1 is 0.935 bits per heavy atom. The third-order valence-electron chi connectivity index (χ3n) is 5.38. The van der Waals surface area contributed by atoms with Crippen LogP contribution >= 0.6 is 0 Å². The molecule has 0 radical (unpaired) electrons. The number of aryl methyl sites for hydroxylation is 3. The Morgan fingerprint density at radius 3 is 2.13 bits per heavy atom. The summed E-state index contributed by atoms with van der Waals surface area (Å²) in [4.78, 5) is 2.31. The molecule has 0 unspecified atom stereocenters. The van der Waals surface area contributed by atoms with E-state index in [1.54, 1.807) is 7.11 Å². The van der Waals surface area contributed by atoms with Gasteiger partial charge in [0.15, 0.2) is 5.82 Å². The van der Waals surface area contributed by atoms with E-state index in [0.717, 1.165) is 53.2 Å². The molecule has 6 nitrogen and oxygen atoms in total. The van der Waals surface area contributed by atoms with E-state index < -0.39 is 0 Å². The number of methoxy groups -OCH3 is 1. The zero-order valence-corrected chi connectivity index (χ0v) is 20.7. The van der Waals surface area contributed by atoms with E-state index in [2.05, 4.69) is 39.6 Å². The van der Waals surface area contributed by atoms with Gasteiger partial charge >= 0.3 is 0 Å². The highest BCUT2D eigenvalue weighted by molar-refractivity contribution is 5.99. The Kier molecular flexibility index (Phi) is 8.72. The second-order valence-electron chi connectivity index (χ2n) is 6.97. The molecule has 2 aromatic heterocycles. The Morgan fingerprint density at radius 2 is 1.58 bits per heavy atom. The van der Waals surface area contributed by atoms with Crippen LogP contribution < -0.4 is 14.4 Å². The van der Waals surface area contributed by atoms with Crippen LogP contribution in [0, 0.1) is 20.8 Å². The lowest BCUT2D eigenvalue weighted by Gasteiger charge is -2.32. The van der Waals surface area contributed by atoms with Crippen molar-refractivity contribution in [1.82, 2.24) is 14.8 Å². The molecular weight excluding hydrogens is 388 g/mol. The largest absolute Gasteiger partial charge is 0.494 e. The van der Waals surface area contributed by atoms with Crippen molar-refractivity contribution in [2.75, 3.05) is 31.7 Å². The minimum Gasteiger partial charge on any atom is -0.494 e. The van der Waals surface area contributed by atoms with E-state index >= 15 is 0 Å². The molecule has 0 aliphatic carbocycles. The van der Waals surface area contributed by atoms with Crippen LogP contribution in [0.2, 0.25) is 0 Å². The molecule has 0 saturated carbocycles. The van der Waals surface area contributed by atoms with Crippen molar-refractivity contribution in [1.29, 1.82) is 0 Å². The molecule has 3 heterocycles. The number of hydrogen-bond acceptors (Lipinski definition) is 5. The predicted molar refractivity (Wildman–Crippen MR) is 130 cm³/mol. The van der Waals surface area contributed by atoms with E-state index in [9.17, 15) is 0 Å². The topological polar surface area (TPSA) is 52.4 Å². The smallest absolute Gasteiger partial charge is 0.161 e. The van der Waals surface area contributed by atoms with Gasteiger partial charge in [0, 0.05) is 41.3 Å². The SMILES string of the molecule is CC.CC.CCOc1ccc(-n2c(C)c3c(C)nnc(N4CCC4)c3c2C)c(OC)c1. The van der Waals surface area contributed by atoms with Crippen LogP contribution in [-0.2, 0) is 0 Å². The van der Waals surface area contributed by atoms with Crippen molar-refractivity contribution in [3.05, 3.63) is 35.3 Å². The van der Waals surface area contributed by atoms with E-state index in [-0.39, 0.29) is 0 Å². The highest BCUT2D eigenvalue weighted by Crippen LogP contribution is 2.39. The molecule has 1 aliphatic rings. The molecule has 0 amide bonds. The molecule has 0 atom stereocenters. The summed E-state index contributed by atoms with van der Waals surface area (Å²) in [5, 5.41) is 11.3. The van der Waals surface area contributed by atoms with Gasteiger partial charge in [-0.15, -0.1) is 5.10 Å². The third-order valence-corrected chi connectivity index (χ3v) is 5.38. The maximum Gasteiger partial charge on any atom is 0.161 e. The number of anilines is 1. The van der Waals surface area contributed by atoms with Crippen LogP contribution in [0.4, 0.5) is 5.82 Å². The number of nitrogens with zero attached hydrogens (tertiary/aromatic N) is 4. The van der Waals surface area contributed by atoms with Gasteiger partial charge in [-0.25, -0.2) is 0 Å². The van der Waals surface area contributed by atoms with Crippen molar-refractivity contribution in [3.8, 4) is 17.2 Å². The second-order valence-corrected chi connectivity index (χ2v) is 6.97. The Labute approximate surface area is 187 Å². The molecule has 1 fully saturated rings. The third kappa shape index (κ3) is 4.48. The molecule has 3 aromatic rings. The van der Waals surface area contributed by atoms with Crippen LogP contribution in [0.5, 0.6) is 11.5 Å². The standard InChI is InChI=1S/C21H26N4O2.2C2H6/c1-6-27-16-8-9-17(18(12-16)26-5)25-14(3)19-13(2)22-23-21(20(19)15(25)4)24-10-7-11-24;2*1-2/h8-9,12H,6-7,10-11H2,1-5H3;2*1-2H3. The van der Waals surface area contributed by atoms with E-state index in [1.165, 1.54) is 17.2 Å². The van der Waals surface area contributed by atoms with Gasteiger partial charge in [-0.3, -0.25) is 0 Å². The number of aromatic nitrogens is 3. The number of benzene rings is 1. The van der Waals surface area contributed by atoms with E-state index in [1.807, 2.05) is 53.7 Å². The summed E-state index contributed by atoms with van der Waals surface area (Å²) >= 11 is 0. The first kappa shape index (κ1) is 24.5. The molecule has 0 spiro atoms. The summed E-state index contributed by atoms with van der Waals surface area (Å²) in [5.41, 5.74) is 4.27. The maximum absolute atomic E-state index is 5.69. The van der Waals surface area contributed by atoms with Gasteiger partial charge in [0.2, 0.25) is 0 Å². The zero-order valence-electron chi connectivity index (χ0n) is 20.7. The average Bonchev–Trinajstić information content (AvgIpc) is 3.03. The summed E-state index contributed by atoms with van der Waals surface area (Å²) in [6, 6.07) is 5.99. The van der Waals surface area contributed by atoms with Crippen molar-refractivity contribution in [2.24, 2.45) is 0 Å². The molecule has 6 heteroatoms. The molecule has 0 N–H and O–H groups in total. The number of ether oxygens (including phenoxy) is 2. The first-order valence-corrected chi connectivity index (χ1v) is 11.5. The number of hydrogen-bond donors (Lipinski definition) is 0. The summed E-state index contributed by atoms with van der Waals surface area (Å²) < 4.78 is 13.6. The first-order chi connectivity index (χ1) is 15.1. The van der Waals surface area contributed by atoms with Gasteiger partial charge in [-0.2, -0.15) is 5.10 Å². The molecule has 4 rings (SSSR count). The fourth-order valence-electron chi connectivity index (χ4n) is 3.99. The predicted octanol–water partition coefficient (Wildman–Crippen LogP) is 6.02. The highest BCUT2D eigenvalue weighted by Gasteiger charge is 2.25. The molecule has 0 bridgehead atoms. The molecule has 31 heavy (non-hydrogen) atoms. The maximum atomic E-state index is 5.69. The zero-order chi connectivity index (χ0) is 23.1. The number of rotatable bonds is 5. The quantitative estimate of drug-likeness (QED) is 0.500. The molecule has 1 saturated heterocycles. The lowest BCUT2D eigenvalue weighted by Crippen LogP contribution is -2.38. The van der Waals surface area contributed by atoms with Crippen molar-refractivity contribution in [2.45, 2.75) is 61.8 Å². The van der Waals surface area contributed by atoms with Crippen molar-refractivity contribution >= 4 is 16.6 Å². The lowest BCUT2D eigenvalue weighted by molar-refractivity contribution is 0.336. The molecule has 1 aliphatic heterocycles. The minimum absolute atomic E-state index is 0.629. The van der Waals surface area contributed by atoms with Crippen LogP contribution in [0.3, 0.4) is 0 Å². The Balaban J connectivity index is 0.000000807. The summed E-state index contributed by atoms with van der Waals surface area (Å²) in [5.74, 6) is 2.59. The second kappa shape index (κ2) is 11.0. The van der Waals surface area contributed by atoms with E-state index in [0.29, 0.717) is 6.61 Å². The first-order valence-electron chi connectivity index (χ1n) is 11.5. The van der Waals surface area contributed by atoms with Crippen LogP contribution in [0.25, 0.3) is 16.5 Å². The minimum atomic E-state index is 0.629. The summed E-state index contributed by atoms with van der Waals surface area (Å²) in [6.07, 6.45) is 1.21. The normalized spacial score (nSPS) is 12.4. The fourth-order valence-corrected chi connectivity index (χ4v) is 3.99. The van der Waals surface area contributed by atoms with Gasteiger partial charge in [0.25, 0.3) is 0 Å². The molecule has 1 aromatic carbocycles. The average molecular weight is 427 g/mol. The van der Waals surface area contributed by atoms with Gasteiger partial charge in [-0.05, 0) is 46.2 Å². The van der Waals surface area contributed by atoms with Crippen LogP contribution in [0.15, 0.2) is 18.2 Å². The van der Waals surface area contributed by atoms with Crippen LogP contribution in [0.1, 0.15) is 58.1 Å². The van der Waals surface area contributed by atoms with Gasteiger partial charge in [0.05, 0.1) is 25.1 Å². The van der Waals surface area contributed by atoms with Crippen LogP contribution in [-0.4, -0.2) is 41.6 Å². The fraction of sp³-hybridized carbons (Fsp3) is 0.520. The Hall–Kier alpha value is -2.76. The van der Waals surface area contributed by atoms with Gasteiger partial charge < -0.3 is 18.9 Å². The lowest BCUT2D eigenvalue weighted by atomic mass is 10.1. The van der Waals surface area contributed by atoms with Crippen molar-refractivity contribution < 1.29 is 9.47 Å². The summed E-state index contributed by atoms with van der Waals surface area (Å²) in [6.45, 7) is 19.0. The Bertz CT molecular complexity index is 1010. The van der Waals surface area contributed by atoms with Gasteiger partial charge in [0.1, 0.15) is 11.5 Å². The van der Waals surface area contributed by atoms with Gasteiger partial charge in [-0.1, -0.05) is 27.7 Å². The molecular formula is C25H38N4O2. The molecule has 170 valence electrons. The number of fused-ring (bicyclic) bond motifs is 1. The monoisotopic (exact) mass is 426 g/mol. The van der Waals surface area contributed by atoms with E-state index in [4.69, 9.17) is 9.47 Å². The summed E-state index contributed by atoms with van der Waals surface area (Å²) in [7, 11) is 1.70. The van der Waals surface area contributed by atoms with Crippen molar-refractivity contribution in [3.63, 3.8) is 0 Å².